The topological polar surface area (TPSA) is 93.1 Å². The maximum atomic E-state index is 10.6. The second kappa shape index (κ2) is 15.7. The highest BCUT2D eigenvalue weighted by atomic mass is 16.5. The lowest BCUT2D eigenvalue weighted by atomic mass is 10.1. The third-order valence-electron chi connectivity index (χ3n) is 6.22. The van der Waals surface area contributed by atoms with Crippen LogP contribution in [0.15, 0.2) is 97.1 Å². The van der Waals surface area contributed by atoms with Crippen LogP contribution in [0.2, 0.25) is 0 Å². The summed E-state index contributed by atoms with van der Waals surface area (Å²) in [6, 6.07) is 31.7. The lowest BCUT2D eigenvalue weighted by Gasteiger charge is -2.11. The molecule has 0 unspecified atom stereocenters. The zero-order chi connectivity index (χ0) is 28.7. The maximum absolute atomic E-state index is 10.6. The van der Waals surface area contributed by atoms with Gasteiger partial charge in [0.15, 0.2) is 0 Å². The van der Waals surface area contributed by atoms with Gasteiger partial charge in [-0.25, -0.2) is 0 Å². The standard InChI is InChI=1S/2C17H18O3/c1-13-11-14(8-10-17(18)19)7-9-16(13)20-12-15-5-3-2-4-6-15;1-13-7-8-14(9-10-17(18)19)11-16(13)20-12-15-5-3-2-4-6-15/h2-7,9,11H,8,10,12H2,1H3,(H,18,19);2-8,11H,9-10,12H2,1H3,(H,18,19). The van der Waals surface area contributed by atoms with Crippen LogP contribution in [0, 0.1) is 13.8 Å². The van der Waals surface area contributed by atoms with Gasteiger partial charge in [0.25, 0.3) is 0 Å². The monoisotopic (exact) mass is 540 g/mol. The van der Waals surface area contributed by atoms with Gasteiger partial charge in [-0.2, -0.15) is 0 Å². The molecule has 208 valence electrons. The summed E-state index contributed by atoms with van der Waals surface area (Å²) in [5, 5.41) is 17.4. The number of carbonyl (C=O) groups is 2. The first kappa shape index (κ1) is 30.0. The van der Waals surface area contributed by atoms with E-state index in [1.807, 2.05) is 111 Å². The Bertz CT molecular complexity index is 1370. The van der Waals surface area contributed by atoms with E-state index in [-0.39, 0.29) is 12.8 Å². The minimum Gasteiger partial charge on any atom is -0.489 e. The van der Waals surface area contributed by atoms with Crippen LogP contribution in [0.3, 0.4) is 0 Å². The summed E-state index contributed by atoms with van der Waals surface area (Å²) in [5.41, 5.74) is 6.34. The van der Waals surface area contributed by atoms with Crippen molar-refractivity contribution in [3.8, 4) is 11.5 Å². The summed E-state index contributed by atoms with van der Waals surface area (Å²) < 4.78 is 11.6. The van der Waals surface area contributed by atoms with Gasteiger partial charge < -0.3 is 19.7 Å². The quantitative estimate of drug-likeness (QED) is 0.198. The van der Waals surface area contributed by atoms with Crippen molar-refractivity contribution in [2.75, 3.05) is 0 Å². The Morgan fingerprint density at radius 2 is 1.02 bits per heavy atom. The molecule has 0 aliphatic carbocycles. The van der Waals surface area contributed by atoms with E-state index in [2.05, 4.69) is 0 Å². The fourth-order valence-electron chi connectivity index (χ4n) is 3.96. The number of carboxylic acid groups (broad SMARTS) is 2. The van der Waals surface area contributed by atoms with E-state index < -0.39 is 11.9 Å². The first-order chi connectivity index (χ1) is 19.3. The van der Waals surface area contributed by atoms with Crippen LogP contribution in [0.5, 0.6) is 11.5 Å². The Morgan fingerprint density at radius 1 is 0.550 bits per heavy atom. The number of carboxylic acids is 2. The molecule has 0 atom stereocenters. The molecule has 4 aromatic rings. The third kappa shape index (κ3) is 10.7. The summed E-state index contributed by atoms with van der Waals surface area (Å²) in [6.07, 6.45) is 1.37. The number of aliphatic carboxylic acids is 2. The number of aryl methyl sites for hydroxylation is 4. The summed E-state index contributed by atoms with van der Waals surface area (Å²) in [4.78, 5) is 21.2. The smallest absolute Gasteiger partial charge is 0.303 e. The van der Waals surface area contributed by atoms with Gasteiger partial charge in [0.05, 0.1) is 0 Å². The number of rotatable bonds is 12. The highest BCUT2D eigenvalue weighted by molar-refractivity contribution is 5.67. The molecule has 0 bridgehead atoms. The zero-order valence-electron chi connectivity index (χ0n) is 23.0. The van der Waals surface area contributed by atoms with Crippen molar-refractivity contribution >= 4 is 11.9 Å². The molecule has 4 rings (SSSR count). The molecule has 4 aromatic carbocycles. The van der Waals surface area contributed by atoms with Gasteiger partial charge in [-0.15, -0.1) is 0 Å². The molecule has 2 N–H and O–H groups in total. The molecule has 0 fully saturated rings. The Kier molecular flexibility index (Phi) is 11.8. The van der Waals surface area contributed by atoms with Gasteiger partial charge in [-0.3, -0.25) is 9.59 Å². The van der Waals surface area contributed by atoms with Crippen LogP contribution in [0.4, 0.5) is 0 Å². The molecular weight excluding hydrogens is 504 g/mol. The lowest BCUT2D eigenvalue weighted by molar-refractivity contribution is -0.138. The molecule has 0 aromatic heterocycles. The molecule has 0 radical (unpaired) electrons. The highest BCUT2D eigenvalue weighted by Crippen LogP contribution is 2.22. The van der Waals surface area contributed by atoms with E-state index in [9.17, 15) is 9.59 Å². The molecule has 6 heteroatoms. The van der Waals surface area contributed by atoms with Crippen LogP contribution < -0.4 is 9.47 Å². The van der Waals surface area contributed by atoms with E-state index in [1.165, 1.54) is 0 Å². The van der Waals surface area contributed by atoms with Gasteiger partial charge in [0, 0.05) is 12.8 Å². The Balaban J connectivity index is 0.000000220. The summed E-state index contributed by atoms with van der Waals surface area (Å²) >= 11 is 0. The van der Waals surface area contributed by atoms with Crippen molar-refractivity contribution in [3.63, 3.8) is 0 Å². The third-order valence-corrected chi connectivity index (χ3v) is 6.22. The van der Waals surface area contributed by atoms with Gasteiger partial charge in [-0.1, -0.05) is 84.9 Å². The fraction of sp³-hybridized carbons (Fsp3) is 0.235. The van der Waals surface area contributed by atoms with Gasteiger partial charge in [0.1, 0.15) is 24.7 Å². The second-order valence-electron chi connectivity index (χ2n) is 9.54. The summed E-state index contributed by atoms with van der Waals surface area (Å²) in [7, 11) is 0. The van der Waals surface area contributed by atoms with Crippen LogP contribution in [0.1, 0.15) is 46.2 Å². The van der Waals surface area contributed by atoms with Crippen molar-refractivity contribution in [3.05, 3.63) is 130 Å². The fourth-order valence-corrected chi connectivity index (χ4v) is 3.96. The van der Waals surface area contributed by atoms with Gasteiger partial charge in [-0.05, 0) is 72.2 Å². The molecule has 0 saturated heterocycles. The number of ether oxygens (including phenoxy) is 2. The average Bonchev–Trinajstić information content (AvgIpc) is 2.96. The Hall–Kier alpha value is -4.58. The predicted octanol–water partition coefficient (Wildman–Crippen LogP) is 7.18. The minimum absolute atomic E-state index is 0.140. The molecule has 0 saturated carbocycles. The van der Waals surface area contributed by atoms with Crippen LogP contribution in [-0.4, -0.2) is 22.2 Å². The Labute approximate surface area is 235 Å². The van der Waals surface area contributed by atoms with E-state index >= 15 is 0 Å². The van der Waals surface area contributed by atoms with Crippen molar-refractivity contribution in [1.29, 1.82) is 0 Å². The van der Waals surface area contributed by atoms with E-state index in [1.54, 1.807) is 0 Å². The Morgan fingerprint density at radius 3 is 1.52 bits per heavy atom. The highest BCUT2D eigenvalue weighted by Gasteiger charge is 2.06. The molecule has 0 heterocycles. The minimum atomic E-state index is -0.780. The van der Waals surface area contributed by atoms with E-state index in [0.717, 1.165) is 44.9 Å². The molecule has 0 amide bonds. The largest absolute Gasteiger partial charge is 0.489 e. The number of hydrogen-bond donors (Lipinski definition) is 2. The summed E-state index contributed by atoms with van der Waals surface area (Å²) in [6.45, 7) is 5.02. The lowest BCUT2D eigenvalue weighted by Crippen LogP contribution is -2.00. The maximum Gasteiger partial charge on any atom is 0.303 e. The first-order valence-corrected chi connectivity index (χ1v) is 13.3. The molecule has 6 nitrogen and oxygen atoms in total. The van der Waals surface area contributed by atoms with Gasteiger partial charge in [0.2, 0.25) is 0 Å². The van der Waals surface area contributed by atoms with Crippen LogP contribution in [0.25, 0.3) is 0 Å². The molecule has 0 aliphatic rings. The number of hydrogen-bond acceptors (Lipinski definition) is 4. The molecule has 40 heavy (non-hydrogen) atoms. The predicted molar refractivity (Wildman–Crippen MR) is 156 cm³/mol. The van der Waals surface area contributed by atoms with Crippen molar-refractivity contribution in [1.82, 2.24) is 0 Å². The second-order valence-corrected chi connectivity index (χ2v) is 9.54. The van der Waals surface area contributed by atoms with E-state index in [4.69, 9.17) is 19.7 Å². The SMILES string of the molecule is Cc1cc(CCC(=O)O)ccc1OCc1ccccc1.Cc1ccc(CCC(=O)O)cc1OCc1ccccc1. The average molecular weight is 541 g/mol. The van der Waals surface area contributed by atoms with Crippen molar-refractivity contribution in [2.24, 2.45) is 0 Å². The van der Waals surface area contributed by atoms with Gasteiger partial charge >= 0.3 is 11.9 Å². The molecular formula is C34H36O6. The molecule has 0 spiro atoms. The van der Waals surface area contributed by atoms with Crippen LogP contribution in [-0.2, 0) is 35.6 Å². The van der Waals surface area contributed by atoms with Crippen molar-refractivity contribution in [2.45, 2.75) is 52.7 Å². The molecule has 0 aliphatic heterocycles. The van der Waals surface area contributed by atoms with Crippen molar-refractivity contribution < 1.29 is 29.3 Å². The zero-order valence-corrected chi connectivity index (χ0v) is 23.0. The summed E-state index contributed by atoms with van der Waals surface area (Å²) in [5.74, 6) is 0.106. The van der Waals surface area contributed by atoms with E-state index in [0.29, 0.717) is 26.1 Å². The first-order valence-electron chi connectivity index (χ1n) is 13.3. The normalized spacial score (nSPS) is 10.2. The van der Waals surface area contributed by atoms with Crippen LogP contribution >= 0.6 is 0 Å². The number of benzene rings is 4.